The second kappa shape index (κ2) is 5.36. The van der Waals surface area contributed by atoms with Gasteiger partial charge in [0.1, 0.15) is 10.8 Å². The van der Waals surface area contributed by atoms with Crippen LogP contribution in [0.2, 0.25) is 5.15 Å². The van der Waals surface area contributed by atoms with Crippen LogP contribution in [0.15, 0.2) is 12.3 Å². The highest BCUT2D eigenvalue weighted by Crippen LogP contribution is 2.34. The standard InChI is InChI=1S/C12H13ClF3NO2/c1-11(2,3)19-9(18)5-7-4-8(12(14,15)16)10(13)17-6-7/h4,6H,5H2,1-3H3. The van der Waals surface area contributed by atoms with Crippen LogP contribution >= 0.6 is 11.6 Å². The largest absolute Gasteiger partial charge is 0.460 e. The molecule has 0 aromatic carbocycles. The van der Waals surface area contributed by atoms with Crippen LogP contribution in [0.5, 0.6) is 0 Å². The van der Waals surface area contributed by atoms with E-state index in [1.54, 1.807) is 20.8 Å². The molecule has 0 saturated heterocycles. The molecule has 106 valence electrons. The Morgan fingerprint density at radius 3 is 2.42 bits per heavy atom. The van der Waals surface area contributed by atoms with Gasteiger partial charge in [0.2, 0.25) is 0 Å². The molecule has 0 aliphatic carbocycles. The molecule has 1 aromatic rings. The van der Waals surface area contributed by atoms with Gasteiger partial charge in [-0.1, -0.05) is 11.6 Å². The Kier molecular flexibility index (Phi) is 4.45. The first kappa shape index (κ1) is 15.8. The molecule has 1 aromatic heterocycles. The molecule has 3 nitrogen and oxygen atoms in total. The van der Waals surface area contributed by atoms with Crippen LogP contribution in [0.3, 0.4) is 0 Å². The lowest BCUT2D eigenvalue weighted by Crippen LogP contribution is -2.25. The predicted octanol–water partition coefficient (Wildman–Crippen LogP) is 3.64. The molecule has 0 amide bonds. The minimum absolute atomic E-state index is 0.103. The van der Waals surface area contributed by atoms with Crippen molar-refractivity contribution in [3.8, 4) is 0 Å². The Bertz CT molecular complexity index is 481. The van der Waals surface area contributed by atoms with Crippen LogP contribution in [0.4, 0.5) is 13.2 Å². The summed E-state index contributed by atoms with van der Waals surface area (Å²) < 4.78 is 42.8. The van der Waals surface area contributed by atoms with Crippen LogP contribution in [0.25, 0.3) is 0 Å². The topological polar surface area (TPSA) is 39.2 Å². The minimum atomic E-state index is -4.60. The Labute approximate surface area is 113 Å². The van der Waals surface area contributed by atoms with Gasteiger partial charge in [0.25, 0.3) is 0 Å². The van der Waals surface area contributed by atoms with Gasteiger partial charge in [0, 0.05) is 6.20 Å². The Morgan fingerprint density at radius 2 is 1.95 bits per heavy atom. The molecule has 0 aliphatic rings. The van der Waals surface area contributed by atoms with Crippen LogP contribution in [-0.4, -0.2) is 16.6 Å². The molecule has 0 fully saturated rings. The van der Waals surface area contributed by atoms with Gasteiger partial charge in [-0.15, -0.1) is 0 Å². The molecular formula is C12H13ClF3NO2. The van der Waals surface area contributed by atoms with Gasteiger partial charge in [-0.25, -0.2) is 4.98 Å². The van der Waals surface area contributed by atoms with E-state index in [1.807, 2.05) is 0 Å². The van der Waals surface area contributed by atoms with E-state index in [0.717, 1.165) is 12.3 Å². The molecule has 0 spiro atoms. The van der Waals surface area contributed by atoms with E-state index < -0.39 is 28.5 Å². The monoisotopic (exact) mass is 295 g/mol. The average Bonchev–Trinajstić information content (AvgIpc) is 2.16. The number of pyridine rings is 1. The van der Waals surface area contributed by atoms with E-state index in [1.165, 1.54) is 0 Å². The van der Waals surface area contributed by atoms with Gasteiger partial charge in [0.05, 0.1) is 12.0 Å². The van der Waals surface area contributed by atoms with E-state index in [2.05, 4.69) is 4.98 Å². The van der Waals surface area contributed by atoms with Gasteiger partial charge >= 0.3 is 12.1 Å². The smallest absolute Gasteiger partial charge is 0.419 e. The number of halogens is 4. The van der Waals surface area contributed by atoms with Crippen LogP contribution in [0.1, 0.15) is 31.9 Å². The van der Waals surface area contributed by atoms with Crippen molar-refractivity contribution in [2.45, 2.75) is 39.0 Å². The number of hydrogen-bond donors (Lipinski definition) is 0. The van der Waals surface area contributed by atoms with Gasteiger partial charge < -0.3 is 4.74 Å². The normalized spacial score (nSPS) is 12.4. The second-order valence-electron chi connectivity index (χ2n) is 4.94. The maximum absolute atomic E-state index is 12.6. The lowest BCUT2D eigenvalue weighted by atomic mass is 10.1. The minimum Gasteiger partial charge on any atom is -0.460 e. The third-order valence-corrected chi connectivity index (χ3v) is 2.27. The molecular weight excluding hydrogens is 283 g/mol. The number of hydrogen-bond acceptors (Lipinski definition) is 3. The van der Waals surface area contributed by atoms with Crippen molar-refractivity contribution in [1.29, 1.82) is 0 Å². The fraction of sp³-hybridized carbons (Fsp3) is 0.500. The SMILES string of the molecule is CC(C)(C)OC(=O)Cc1cnc(Cl)c(C(F)(F)F)c1. The van der Waals surface area contributed by atoms with E-state index in [4.69, 9.17) is 16.3 Å². The Hall–Kier alpha value is -1.30. The first-order valence-electron chi connectivity index (χ1n) is 5.42. The lowest BCUT2D eigenvalue weighted by molar-refractivity contribution is -0.154. The van der Waals surface area contributed by atoms with Crippen molar-refractivity contribution in [2.24, 2.45) is 0 Å². The van der Waals surface area contributed by atoms with E-state index >= 15 is 0 Å². The fourth-order valence-corrected chi connectivity index (χ4v) is 1.54. The molecule has 1 heterocycles. The first-order valence-corrected chi connectivity index (χ1v) is 5.80. The van der Waals surface area contributed by atoms with Crippen molar-refractivity contribution < 1.29 is 22.7 Å². The van der Waals surface area contributed by atoms with Gasteiger partial charge in [-0.2, -0.15) is 13.2 Å². The summed E-state index contributed by atoms with van der Waals surface area (Å²) in [7, 11) is 0. The van der Waals surface area contributed by atoms with Gasteiger partial charge in [0.15, 0.2) is 0 Å². The number of carbonyl (C=O) groups is 1. The molecule has 0 saturated carbocycles. The van der Waals surface area contributed by atoms with Crippen molar-refractivity contribution in [1.82, 2.24) is 4.98 Å². The summed E-state index contributed by atoms with van der Waals surface area (Å²) in [5.41, 5.74) is -1.65. The molecule has 1 rings (SSSR count). The summed E-state index contributed by atoms with van der Waals surface area (Å²) in [5, 5.41) is -0.638. The van der Waals surface area contributed by atoms with Gasteiger partial charge in [-0.3, -0.25) is 4.79 Å². The highest BCUT2D eigenvalue weighted by atomic mass is 35.5. The van der Waals surface area contributed by atoms with Crippen LogP contribution in [0, 0.1) is 0 Å². The van der Waals surface area contributed by atoms with E-state index in [-0.39, 0.29) is 12.0 Å². The van der Waals surface area contributed by atoms with Crippen molar-refractivity contribution >= 4 is 17.6 Å². The average molecular weight is 296 g/mol. The van der Waals surface area contributed by atoms with Crippen LogP contribution in [-0.2, 0) is 22.1 Å². The molecule has 0 unspecified atom stereocenters. The zero-order valence-electron chi connectivity index (χ0n) is 10.6. The molecule has 0 radical (unpaired) electrons. The number of esters is 1. The second-order valence-corrected chi connectivity index (χ2v) is 5.30. The molecule has 0 atom stereocenters. The van der Waals surface area contributed by atoms with Crippen molar-refractivity contribution in [3.63, 3.8) is 0 Å². The third-order valence-electron chi connectivity index (χ3n) is 1.97. The molecule has 19 heavy (non-hydrogen) atoms. The summed E-state index contributed by atoms with van der Waals surface area (Å²) in [6.07, 6.45) is -3.76. The number of rotatable bonds is 2. The Morgan fingerprint density at radius 1 is 1.37 bits per heavy atom. The number of ether oxygens (including phenoxy) is 1. The summed E-state index contributed by atoms with van der Waals surface area (Å²) in [5.74, 6) is -0.621. The predicted molar refractivity (Wildman–Crippen MR) is 63.8 cm³/mol. The zero-order valence-corrected chi connectivity index (χ0v) is 11.4. The lowest BCUT2D eigenvalue weighted by Gasteiger charge is -2.19. The number of nitrogens with zero attached hydrogens (tertiary/aromatic N) is 1. The summed E-state index contributed by atoms with van der Waals surface area (Å²) in [6.45, 7) is 5.02. The van der Waals surface area contributed by atoms with E-state index in [0.29, 0.717) is 0 Å². The maximum atomic E-state index is 12.6. The third kappa shape index (κ3) is 5.06. The summed E-state index contributed by atoms with van der Waals surface area (Å²) in [4.78, 5) is 14.9. The number of carbonyl (C=O) groups excluding carboxylic acids is 1. The van der Waals surface area contributed by atoms with Crippen molar-refractivity contribution in [2.75, 3.05) is 0 Å². The highest BCUT2D eigenvalue weighted by Gasteiger charge is 2.34. The van der Waals surface area contributed by atoms with E-state index in [9.17, 15) is 18.0 Å². The Balaban J connectivity index is 2.89. The highest BCUT2D eigenvalue weighted by molar-refractivity contribution is 6.30. The van der Waals surface area contributed by atoms with Gasteiger partial charge in [-0.05, 0) is 32.4 Å². The molecule has 0 aliphatic heterocycles. The quantitative estimate of drug-likeness (QED) is 0.618. The molecule has 0 bridgehead atoms. The van der Waals surface area contributed by atoms with Crippen molar-refractivity contribution in [3.05, 3.63) is 28.5 Å². The summed E-state index contributed by atoms with van der Waals surface area (Å²) >= 11 is 5.38. The van der Waals surface area contributed by atoms with Crippen LogP contribution < -0.4 is 0 Å². The fourth-order valence-electron chi connectivity index (χ4n) is 1.33. The number of alkyl halides is 3. The zero-order chi connectivity index (χ0) is 14.8. The summed E-state index contributed by atoms with van der Waals surface area (Å²) in [6, 6.07) is 0.805. The maximum Gasteiger partial charge on any atom is 0.419 e. The first-order chi connectivity index (χ1) is 8.49. The molecule has 0 N–H and O–H groups in total. The molecule has 7 heteroatoms. The number of aromatic nitrogens is 1.